The summed E-state index contributed by atoms with van der Waals surface area (Å²) in [5.41, 5.74) is 5.10. The van der Waals surface area contributed by atoms with Gasteiger partial charge >= 0.3 is 5.97 Å². The van der Waals surface area contributed by atoms with Gasteiger partial charge in [0.05, 0.1) is 0 Å². The minimum atomic E-state index is -0.956. The van der Waals surface area contributed by atoms with Gasteiger partial charge in [-0.25, -0.2) is 4.79 Å². The average molecular weight is 500 g/mol. The van der Waals surface area contributed by atoms with Gasteiger partial charge < -0.3 is 15.0 Å². The fraction of sp³-hybridized carbons (Fsp3) is 0.115. The standard InChI is InChI=1S/C26H21Cl3N2O2/c27-21-3-1-2-18(11-21)15-31-16-19(12-25(31)26(32)33)10-17-4-7-23(8-5-17)30-14-20-13-22(28)6-9-24(20)29/h1-9,11-13,16,30H,10,14-15H2,(H,32,33). The third-order valence-electron chi connectivity index (χ3n) is 5.27. The Morgan fingerprint density at radius 2 is 1.61 bits per heavy atom. The first kappa shape index (κ1) is 23.2. The maximum absolute atomic E-state index is 11.8. The molecule has 0 saturated carbocycles. The molecule has 0 atom stereocenters. The smallest absolute Gasteiger partial charge is 0.352 e. The molecule has 0 spiro atoms. The second-order valence-corrected chi connectivity index (χ2v) is 9.04. The number of benzene rings is 3. The molecule has 0 radical (unpaired) electrons. The predicted molar refractivity (Wildman–Crippen MR) is 135 cm³/mol. The quantitative estimate of drug-likeness (QED) is 0.265. The lowest BCUT2D eigenvalue weighted by Crippen LogP contribution is -2.08. The summed E-state index contributed by atoms with van der Waals surface area (Å²) in [5, 5.41) is 14.9. The summed E-state index contributed by atoms with van der Waals surface area (Å²) in [5.74, 6) is -0.956. The largest absolute Gasteiger partial charge is 0.477 e. The van der Waals surface area contributed by atoms with Crippen LogP contribution in [0.25, 0.3) is 0 Å². The number of hydrogen-bond acceptors (Lipinski definition) is 2. The van der Waals surface area contributed by atoms with E-state index in [0.717, 1.165) is 27.9 Å². The molecule has 7 heteroatoms. The monoisotopic (exact) mass is 498 g/mol. The molecule has 0 unspecified atom stereocenters. The third-order valence-corrected chi connectivity index (χ3v) is 6.11. The van der Waals surface area contributed by atoms with Gasteiger partial charge in [0.25, 0.3) is 0 Å². The topological polar surface area (TPSA) is 54.3 Å². The van der Waals surface area contributed by atoms with Crippen molar-refractivity contribution >= 4 is 46.5 Å². The predicted octanol–water partition coefficient (Wildman–Crippen LogP) is 7.40. The van der Waals surface area contributed by atoms with Crippen molar-refractivity contribution < 1.29 is 9.90 Å². The fourth-order valence-electron chi connectivity index (χ4n) is 3.66. The highest BCUT2D eigenvalue weighted by molar-refractivity contribution is 6.33. The Labute approximate surface area is 207 Å². The van der Waals surface area contributed by atoms with Crippen LogP contribution in [0.4, 0.5) is 5.69 Å². The lowest BCUT2D eigenvalue weighted by molar-refractivity contribution is 0.0685. The van der Waals surface area contributed by atoms with Gasteiger partial charge in [-0.05, 0) is 77.2 Å². The van der Waals surface area contributed by atoms with Crippen molar-refractivity contribution in [2.75, 3.05) is 5.32 Å². The molecule has 4 aromatic rings. The molecule has 1 heterocycles. The van der Waals surface area contributed by atoms with Crippen LogP contribution in [0.3, 0.4) is 0 Å². The van der Waals surface area contributed by atoms with Crippen LogP contribution in [0.15, 0.2) is 79.0 Å². The molecular formula is C26H21Cl3N2O2. The van der Waals surface area contributed by atoms with E-state index in [1.54, 1.807) is 28.8 Å². The second kappa shape index (κ2) is 10.3. The van der Waals surface area contributed by atoms with Gasteiger partial charge in [0.15, 0.2) is 0 Å². The van der Waals surface area contributed by atoms with Crippen LogP contribution in [0.2, 0.25) is 15.1 Å². The van der Waals surface area contributed by atoms with Crippen molar-refractivity contribution in [2.24, 2.45) is 0 Å². The zero-order valence-corrected chi connectivity index (χ0v) is 19.8. The molecular weight excluding hydrogens is 479 g/mol. The molecule has 0 fully saturated rings. The van der Waals surface area contributed by atoms with E-state index in [-0.39, 0.29) is 5.69 Å². The van der Waals surface area contributed by atoms with Gasteiger partial charge in [-0.3, -0.25) is 0 Å². The number of carboxylic acids is 1. The number of carboxylic acid groups (broad SMARTS) is 1. The average Bonchev–Trinajstić information content (AvgIpc) is 3.18. The van der Waals surface area contributed by atoms with Crippen LogP contribution < -0.4 is 5.32 Å². The molecule has 4 rings (SSSR count). The molecule has 0 aliphatic carbocycles. The second-order valence-electron chi connectivity index (χ2n) is 7.76. The molecule has 2 N–H and O–H groups in total. The normalized spacial score (nSPS) is 10.9. The molecule has 0 amide bonds. The number of halogens is 3. The summed E-state index contributed by atoms with van der Waals surface area (Å²) in [6.45, 7) is 1.00. The van der Waals surface area contributed by atoms with Crippen molar-refractivity contribution in [3.8, 4) is 0 Å². The number of rotatable bonds is 8. The van der Waals surface area contributed by atoms with Crippen LogP contribution >= 0.6 is 34.8 Å². The zero-order valence-electron chi connectivity index (χ0n) is 17.6. The van der Waals surface area contributed by atoms with Crippen LogP contribution in [-0.4, -0.2) is 15.6 Å². The summed E-state index contributed by atoms with van der Waals surface area (Å²) < 4.78 is 1.74. The van der Waals surface area contributed by atoms with Gasteiger partial charge in [-0.15, -0.1) is 0 Å². The summed E-state index contributed by atoms with van der Waals surface area (Å²) in [6.07, 6.45) is 2.51. The third kappa shape index (κ3) is 6.11. The number of nitrogens with zero attached hydrogens (tertiary/aromatic N) is 1. The Morgan fingerprint density at radius 1 is 0.848 bits per heavy atom. The molecule has 4 nitrogen and oxygen atoms in total. The van der Waals surface area contributed by atoms with E-state index in [1.165, 1.54) is 0 Å². The highest BCUT2D eigenvalue weighted by Crippen LogP contribution is 2.23. The number of carbonyl (C=O) groups is 1. The zero-order chi connectivity index (χ0) is 23.4. The van der Waals surface area contributed by atoms with Crippen molar-refractivity contribution in [3.05, 3.63) is 122 Å². The van der Waals surface area contributed by atoms with Crippen molar-refractivity contribution in [2.45, 2.75) is 19.5 Å². The van der Waals surface area contributed by atoms with E-state index in [4.69, 9.17) is 34.8 Å². The molecule has 0 aliphatic heterocycles. The lowest BCUT2D eigenvalue weighted by atomic mass is 10.1. The first-order valence-electron chi connectivity index (χ1n) is 10.3. The summed E-state index contributed by atoms with van der Waals surface area (Å²) in [4.78, 5) is 11.8. The fourth-order valence-corrected chi connectivity index (χ4v) is 4.25. The minimum absolute atomic E-state index is 0.252. The van der Waals surface area contributed by atoms with Gasteiger partial charge in [0.1, 0.15) is 5.69 Å². The number of nitrogens with one attached hydrogen (secondary N) is 1. The van der Waals surface area contributed by atoms with Crippen LogP contribution in [-0.2, 0) is 19.5 Å². The highest BCUT2D eigenvalue weighted by atomic mass is 35.5. The van der Waals surface area contributed by atoms with Crippen molar-refractivity contribution in [3.63, 3.8) is 0 Å². The first-order valence-corrected chi connectivity index (χ1v) is 11.4. The van der Waals surface area contributed by atoms with E-state index < -0.39 is 5.97 Å². The van der Waals surface area contributed by atoms with Gasteiger partial charge in [-0.1, -0.05) is 59.1 Å². The molecule has 0 saturated heterocycles. The summed E-state index contributed by atoms with van der Waals surface area (Å²) in [7, 11) is 0. The summed E-state index contributed by atoms with van der Waals surface area (Å²) in [6, 6.07) is 22.6. The van der Waals surface area contributed by atoms with Crippen LogP contribution in [0, 0.1) is 0 Å². The maximum Gasteiger partial charge on any atom is 0.352 e. The Kier molecular flexibility index (Phi) is 7.29. The first-order chi connectivity index (χ1) is 15.9. The van der Waals surface area contributed by atoms with E-state index in [1.807, 2.05) is 54.7 Å². The van der Waals surface area contributed by atoms with E-state index in [9.17, 15) is 9.90 Å². The number of aromatic nitrogens is 1. The molecule has 33 heavy (non-hydrogen) atoms. The Morgan fingerprint density at radius 3 is 2.33 bits per heavy atom. The number of anilines is 1. The molecule has 0 bridgehead atoms. The SMILES string of the molecule is O=C(O)c1cc(Cc2ccc(NCc3cc(Cl)ccc3Cl)cc2)cn1Cc1cccc(Cl)c1. The summed E-state index contributed by atoms with van der Waals surface area (Å²) >= 11 is 18.3. The Hall–Kier alpha value is -2.92. The number of aromatic carboxylic acids is 1. The van der Waals surface area contributed by atoms with E-state index in [2.05, 4.69) is 5.32 Å². The number of hydrogen-bond donors (Lipinski definition) is 2. The van der Waals surface area contributed by atoms with Crippen LogP contribution in [0.5, 0.6) is 0 Å². The van der Waals surface area contributed by atoms with Crippen molar-refractivity contribution in [1.82, 2.24) is 4.57 Å². The maximum atomic E-state index is 11.8. The molecule has 3 aromatic carbocycles. The lowest BCUT2D eigenvalue weighted by Gasteiger charge is -2.09. The molecule has 168 valence electrons. The van der Waals surface area contributed by atoms with Crippen molar-refractivity contribution in [1.29, 1.82) is 0 Å². The molecule has 1 aromatic heterocycles. The van der Waals surface area contributed by atoms with Gasteiger partial charge in [0, 0.05) is 40.0 Å². The Balaban J connectivity index is 1.44. The van der Waals surface area contributed by atoms with E-state index >= 15 is 0 Å². The highest BCUT2D eigenvalue weighted by Gasteiger charge is 2.13. The van der Waals surface area contributed by atoms with Gasteiger partial charge in [0.2, 0.25) is 0 Å². The van der Waals surface area contributed by atoms with Gasteiger partial charge in [-0.2, -0.15) is 0 Å². The minimum Gasteiger partial charge on any atom is -0.477 e. The Bertz CT molecular complexity index is 1280. The van der Waals surface area contributed by atoms with Crippen LogP contribution in [0.1, 0.15) is 32.7 Å². The van der Waals surface area contributed by atoms with E-state index in [0.29, 0.717) is 34.6 Å². The molecule has 0 aliphatic rings.